The van der Waals surface area contributed by atoms with E-state index in [1.165, 1.54) is 6.42 Å². The molecule has 1 aliphatic heterocycles. The van der Waals surface area contributed by atoms with Crippen LogP contribution in [-0.2, 0) is 0 Å². The number of hydrogen-bond donors (Lipinski definition) is 3. The Balaban J connectivity index is 1.83. The Morgan fingerprint density at radius 2 is 2.42 bits per heavy atom. The van der Waals surface area contributed by atoms with Crippen LogP contribution in [0.2, 0.25) is 0 Å². The summed E-state index contributed by atoms with van der Waals surface area (Å²) >= 11 is 0. The third kappa shape index (κ3) is 2.39. The highest BCUT2D eigenvalue weighted by Crippen LogP contribution is 2.20. The van der Waals surface area contributed by atoms with Gasteiger partial charge in [0.2, 0.25) is 0 Å². The molecule has 3 N–H and O–H groups in total. The predicted molar refractivity (Wildman–Crippen MR) is 72.7 cm³/mol. The highest BCUT2D eigenvalue weighted by Gasteiger charge is 2.13. The molecule has 6 heteroatoms. The summed E-state index contributed by atoms with van der Waals surface area (Å²) in [6.07, 6.45) is 2.84. The number of rotatable bonds is 2. The maximum absolute atomic E-state index is 11.0. The molecule has 1 aromatic heterocycles. The number of piperidine rings is 1. The van der Waals surface area contributed by atoms with Crippen molar-refractivity contribution in [2.24, 2.45) is 0 Å². The first-order valence-electron chi connectivity index (χ1n) is 6.42. The van der Waals surface area contributed by atoms with Crippen molar-refractivity contribution in [2.45, 2.75) is 18.9 Å². The third-order valence-corrected chi connectivity index (χ3v) is 3.42. The average molecular weight is 260 g/mol. The minimum absolute atomic E-state index is 0.431. The zero-order chi connectivity index (χ0) is 13.2. The molecule has 2 aromatic rings. The summed E-state index contributed by atoms with van der Waals surface area (Å²) in [5.41, 5.74) is 1.62. The van der Waals surface area contributed by atoms with Gasteiger partial charge < -0.3 is 15.7 Å². The first-order valence-corrected chi connectivity index (χ1v) is 6.42. The molecule has 100 valence electrons. The minimum atomic E-state index is -1.06. The SMILES string of the molecule is O=C(O)n1ncc2cc(NC3CCCNC3)ccc21. The number of carbonyl (C=O) groups is 1. The molecule has 3 rings (SSSR count). The van der Waals surface area contributed by atoms with Crippen molar-refractivity contribution in [3.8, 4) is 0 Å². The van der Waals surface area contributed by atoms with Gasteiger partial charge in [-0.15, -0.1) is 0 Å². The largest absolute Gasteiger partial charge is 0.463 e. The van der Waals surface area contributed by atoms with Gasteiger partial charge in [-0.05, 0) is 37.6 Å². The summed E-state index contributed by atoms with van der Waals surface area (Å²) in [6.45, 7) is 2.05. The Kier molecular flexibility index (Phi) is 3.08. The molecule has 0 amide bonds. The van der Waals surface area contributed by atoms with E-state index in [2.05, 4.69) is 15.7 Å². The van der Waals surface area contributed by atoms with E-state index >= 15 is 0 Å². The summed E-state index contributed by atoms with van der Waals surface area (Å²) < 4.78 is 0.987. The normalized spacial score (nSPS) is 19.5. The molecular weight excluding hydrogens is 244 g/mol. The monoisotopic (exact) mass is 260 g/mol. The number of nitrogens with one attached hydrogen (secondary N) is 2. The lowest BCUT2D eigenvalue weighted by Gasteiger charge is -2.24. The van der Waals surface area contributed by atoms with Crippen LogP contribution < -0.4 is 10.6 Å². The van der Waals surface area contributed by atoms with Gasteiger partial charge in [-0.3, -0.25) is 0 Å². The van der Waals surface area contributed by atoms with Gasteiger partial charge in [0.1, 0.15) is 0 Å². The van der Waals surface area contributed by atoms with Crippen LogP contribution in [0.15, 0.2) is 24.4 Å². The van der Waals surface area contributed by atoms with Crippen LogP contribution >= 0.6 is 0 Å². The number of nitrogens with zero attached hydrogens (tertiary/aromatic N) is 2. The van der Waals surface area contributed by atoms with Crippen LogP contribution in [0.1, 0.15) is 12.8 Å². The Morgan fingerprint density at radius 1 is 1.53 bits per heavy atom. The summed E-state index contributed by atoms with van der Waals surface area (Å²) in [7, 11) is 0. The molecule has 2 heterocycles. The molecule has 6 nitrogen and oxygen atoms in total. The summed E-state index contributed by atoms with van der Waals surface area (Å²) in [6, 6.07) is 6.06. The number of anilines is 1. The highest BCUT2D eigenvalue weighted by molar-refractivity contribution is 5.89. The topological polar surface area (TPSA) is 79.2 Å². The van der Waals surface area contributed by atoms with E-state index in [0.717, 1.165) is 35.3 Å². The molecule has 19 heavy (non-hydrogen) atoms. The molecule has 1 unspecified atom stereocenters. The van der Waals surface area contributed by atoms with Crippen LogP contribution in [0.3, 0.4) is 0 Å². The standard InChI is InChI=1S/C13H16N4O2/c18-13(19)17-12-4-3-10(6-9(12)7-15-17)16-11-2-1-5-14-8-11/h3-4,6-7,11,14,16H,1-2,5,8H2,(H,18,19). The van der Waals surface area contributed by atoms with Gasteiger partial charge in [-0.1, -0.05) is 0 Å². The number of benzene rings is 1. The van der Waals surface area contributed by atoms with Crippen molar-refractivity contribution in [1.82, 2.24) is 15.1 Å². The van der Waals surface area contributed by atoms with Crippen LogP contribution in [0, 0.1) is 0 Å². The van der Waals surface area contributed by atoms with Gasteiger partial charge in [-0.2, -0.15) is 9.78 Å². The Bertz CT molecular complexity index is 602. The smallest absolute Gasteiger partial charge is 0.432 e. The zero-order valence-corrected chi connectivity index (χ0v) is 10.5. The Labute approximate surface area is 110 Å². The zero-order valence-electron chi connectivity index (χ0n) is 10.5. The average Bonchev–Trinajstić information content (AvgIpc) is 2.83. The first kappa shape index (κ1) is 12.0. The first-order chi connectivity index (χ1) is 9.24. The van der Waals surface area contributed by atoms with E-state index < -0.39 is 6.09 Å². The van der Waals surface area contributed by atoms with Gasteiger partial charge in [0.05, 0.1) is 11.7 Å². The van der Waals surface area contributed by atoms with Crippen molar-refractivity contribution in [3.05, 3.63) is 24.4 Å². The van der Waals surface area contributed by atoms with E-state index in [4.69, 9.17) is 5.11 Å². The van der Waals surface area contributed by atoms with Gasteiger partial charge in [0, 0.05) is 23.7 Å². The van der Waals surface area contributed by atoms with Crippen molar-refractivity contribution in [1.29, 1.82) is 0 Å². The quantitative estimate of drug-likeness (QED) is 0.766. The van der Waals surface area contributed by atoms with Gasteiger partial charge in [-0.25, -0.2) is 4.79 Å². The van der Waals surface area contributed by atoms with Crippen LogP contribution in [-0.4, -0.2) is 40.1 Å². The molecule has 0 bridgehead atoms. The molecule has 1 aliphatic rings. The fourth-order valence-corrected chi connectivity index (χ4v) is 2.49. The minimum Gasteiger partial charge on any atom is -0.463 e. The molecule has 0 spiro atoms. The third-order valence-electron chi connectivity index (χ3n) is 3.42. The Morgan fingerprint density at radius 3 is 3.16 bits per heavy atom. The van der Waals surface area contributed by atoms with Gasteiger partial charge in [0.25, 0.3) is 0 Å². The number of fused-ring (bicyclic) bond motifs is 1. The lowest BCUT2D eigenvalue weighted by Crippen LogP contribution is -2.38. The fourth-order valence-electron chi connectivity index (χ4n) is 2.49. The number of hydrogen-bond acceptors (Lipinski definition) is 4. The summed E-state index contributed by atoms with van der Waals surface area (Å²) in [5, 5.41) is 20.5. The lowest BCUT2D eigenvalue weighted by molar-refractivity contribution is 0.194. The van der Waals surface area contributed by atoms with E-state index in [1.807, 2.05) is 12.1 Å². The Hall–Kier alpha value is -2.08. The van der Waals surface area contributed by atoms with Gasteiger partial charge >= 0.3 is 6.09 Å². The van der Waals surface area contributed by atoms with Crippen molar-refractivity contribution < 1.29 is 9.90 Å². The maximum atomic E-state index is 11.0. The molecular formula is C13H16N4O2. The number of aromatic nitrogens is 2. The highest BCUT2D eigenvalue weighted by atomic mass is 16.4. The lowest BCUT2D eigenvalue weighted by atomic mass is 10.1. The molecule has 1 atom stereocenters. The van der Waals surface area contributed by atoms with E-state index in [0.29, 0.717) is 11.6 Å². The summed E-state index contributed by atoms with van der Waals surface area (Å²) in [4.78, 5) is 11.0. The molecule has 1 fully saturated rings. The predicted octanol–water partition coefficient (Wildman–Crippen LogP) is 1.73. The van der Waals surface area contributed by atoms with Crippen molar-refractivity contribution in [2.75, 3.05) is 18.4 Å². The molecule has 1 saturated heterocycles. The summed E-state index contributed by atoms with van der Waals surface area (Å²) in [5.74, 6) is 0. The molecule has 0 aliphatic carbocycles. The van der Waals surface area contributed by atoms with Gasteiger partial charge in [0.15, 0.2) is 0 Å². The number of carboxylic acid groups (broad SMARTS) is 1. The molecule has 1 aromatic carbocycles. The second-order valence-electron chi connectivity index (χ2n) is 4.80. The van der Waals surface area contributed by atoms with Crippen LogP contribution in [0.5, 0.6) is 0 Å². The van der Waals surface area contributed by atoms with E-state index in [-0.39, 0.29) is 0 Å². The van der Waals surface area contributed by atoms with E-state index in [9.17, 15) is 4.79 Å². The second-order valence-corrected chi connectivity index (χ2v) is 4.80. The second kappa shape index (κ2) is 4.89. The van der Waals surface area contributed by atoms with Crippen molar-refractivity contribution in [3.63, 3.8) is 0 Å². The van der Waals surface area contributed by atoms with Crippen LogP contribution in [0.4, 0.5) is 10.5 Å². The van der Waals surface area contributed by atoms with Crippen molar-refractivity contribution >= 4 is 22.7 Å². The molecule has 0 radical (unpaired) electrons. The maximum Gasteiger partial charge on any atom is 0.432 e. The van der Waals surface area contributed by atoms with Crippen LogP contribution in [0.25, 0.3) is 10.9 Å². The van der Waals surface area contributed by atoms with E-state index in [1.54, 1.807) is 12.3 Å². The fraction of sp³-hybridized carbons (Fsp3) is 0.385. The molecule has 0 saturated carbocycles.